The minimum Gasteiger partial charge on any atom is -0.481 e. The van der Waals surface area contributed by atoms with Gasteiger partial charge in [-0.05, 0) is 19.8 Å². The number of nitrogens with zero attached hydrogens (tertiary/aromatic N) is 3. The van der Waals surface area contributed by atoms with Gasteiger partial charge >= 0.3 is 5.97 Å². The van der Waals surface area contributed by atoms with Crippen LogP contribution in [0.1, 0.15) is 63.1 Å². The molecule has 0 spiro atoms. The van der Waals surface area contributed by atoms with Crippen LogP contribution in [0.2, 0.25) is 0 Å². The summed E-state index contributed by atoms with van der Waals surface area (Å²) in [6.07, 6.45) is 5.27. The van der Waals surface area contributed by atoms with Crippen molar-refractivity contribution in [2.24, 2.45) is 0 Å². The number of hydrogen-bond acceptors (Lipinski definition) is 5. The molecule has 122 valence electrons. The number of carboxylic acid groups (broad SMARTS) is 1. The molecule has 1 aromatic rings. The minimum absolute atomic E-state index is 0.0357. The van der Waals surface area contributed by atoms with E-state index >= 15 is 0 Å². The third-order valence-electron chi connectivity index (χ3n) is 4.09. The molecule has 0 bridgehead atoms. The molecular formula is C15H23N3O4. The Hall–Kier alpha value is -1.92. The van der Waals surface area contributed by atoms with Crippen molar-refractivity contribution in [1.82, 2.24) is 15.0 Å². The van der Waals surface area contributed by atoms with Gasteiger partial charge in [-0.3, -0.25) is 9.59 Å². The molecule has 0 aliphatic heterocycles. The summed E-state index contributed by atoms with van der Waals surface area (Å²) in [4.78, 5) is 28.6. The summed E-state index contributed by atoms with van der Waals surface area (Å²) < 4.78 is 5.21. The Bertz CT molecular complexity index is 509. The van der Waals surface area contributed by atoms with Gasteiger partial charge in [-0.15, -0.1) is 0 Å². The molecular weight excluding hydrogens is 286 g/mol. The van der Waals surface area contributed by atoms with Crippen LogP contribution in [0.15, 0.2) is 4.52 Å². The molecule has 0 saturated heterocycles. The number of carboxylic acids is 1. The first-order chi connectivity index (χ1) is 10.6. The molecule has 7 nitrogen and oxygen atoms in total. The van der Waals surface area contributed by atoms with Gasteiger partial charge in [-0.25, -0.2) is 0 Å². The van der Waals surface area contributed by atoms with Gasteiger partial charge in [0.25, 0.3) is 0 Å². The lowest BCUT2D eigenvalue weighted by atomic mass is 10.1. The molecule has 22 heavy (non-hydrogen) atoms. The fraction of sp³-hybridized carbons (Fsp3) is 0.733. The number of amides is 1. The van der Waals surface area contributed by atoms with Crippen LogP contribution in [0, 0.1) is 0 Å². The fourth-order valence-corrected chi connectivity index (χ4v) is 2.78. The lowest BCUT2D eigenvalue weighted by Gasteiger charge is -2.19. The minimum atomic E-state index is -0.899. The van der Waals surface area contributed by atoms with E-state index in [2.05, 4.69) is 10.1 Å². The Labute approximate surface area is 129 Å². The third kappa shape index (κ3) is 4.54. The van der Waals surface area contributed by atoms with E-state index in [1.54, 1.807) is 4.90 Å². The average molecular weight is 309 g/mol. The topological polar surface area (TPSA) is 96.5 Å². The summed E-state index contributed by atoms with van der Waals surface area (Å²) >= 11 is 0. The predicted octanol–water partition coefficient (Wildman–Crippen LogP) is 1.98. The number of aromatic nitrogens is 2. The van der Waals surface area contributed by atoms with Crippen molar-refractivity contribution in [3.05, 3.63) is 11.7 Å². The van der Waals surface area contributed by atoms with Gasteiger partial charge in [-0.1, -0.05) is 18.0 Å². The largest absolute Gasteiger partial charge is 0.481 e. The van der Waals surface area contributed by atoms with E-state index in [0.717, 1.165) is 18.7 Å². The number of aliphatic carboxylic acids is 1. The quantitative estimate of drug-likeness (QED) is 0.788. The molecule has 1 fully saturated rings. The summed E-state index contributed by atoms with van der Waals surface area (Å²) in [6, 6.07) is 0. The number of hydrogen-bond donors (Lipinski definition) is 1. The normalized spacial score (nSPS) is 15.1. The van der Waals surface area contributed by atoms with E-state index in [-0.39, 0.29) is 25.3 Å². The van der Waals surface area contributed by atoms with E-state index in [1.165, 1.54) is 12.8 Å². The van der Waals surface area contributed by atoms with Crippen LogP contribution in [-0.2, 0) is 16.0 Å². The summed E-state index contributed by atoms with van der Waals surface area (Å²) in [5, 5.41) is 12.7. The second-order valence-electron chi connectivity index (χ2n) is 5.64. The van der Waals surface area contributed by atoms with Gasteiger partial charge in [0.05, 0.1) is 6.42 Å². The molecule has 0 atom stereocenters. The van der Waals surface area contributed by atoms with E-state index in [4.69, 9.17) is 9.63 Å². The first kappa shape index (κ1) is 16.5. The maximum atomic E-state index is 12.1. The Morgan fingerprint density at radius 1 is 1.32 bits per heavy atom. The summed E-state index contributed by atoms with van der Waals surface area (Å²) in [5.74, 6) is 0.673. The van der Waals surface area contributed by atoms with Gasteiger partial charge in [0.2, 0.25) is 11.8 Å². The highest BCUT2D eigenvalue weighted by Crippen LogP contribution is 2.32. The zero-order valence-electron chi connectivity index (χ0n) is 13.0. The maximum absolute atomic E-state index is 12.1. The number of carbonyl (C=O) groups excluding carboxylic acids is 1. The number of aryl methyl sites for hydroxylation is 1. The predicted molar refractivity (Wildman–Crippen MR) is 78.3 cm³/mol. The van der Waals surface area contributed by atoms with Gasteiger partial charge in [0.1, 0.15) is 0 Å². The van der Waals surface area contributed by atoms with Crippen molar-refractivity contribution in [2.45, 2.75) is 57.8 Å². The van der Waals surface area contributed by atoms with Gasteiger partial charge < -0.3 is 14.5 Å². The lowest BCUT2D eigenvalue weighted by molar-refractivity contribution is -0.138. The summed E-state index contributed by atoms with van der Waals surface area (Å²) in [7, 11) is 0. The Morgan fingerprint density at radius 2 is 2.05 bits per heavy atom. The first-order valence-corrected chi connectivity index (χ1v) is 7.92. The number of rotatable bonds is 8. The Kier molecular flexibility index (Phi) is 5.91. The zero-order valence-corrected chi connectivity index (χ0v) is 13.0. The molecule has 0 unspecified atom stereocenters. The Balaban J connectivity index is 1.80. The smallest absolute Gasteiger partial charge is 0.305 e. The Morgan fingerprint density at radius 3 is 2.68 bits per heavy atom. The standard InChI is InChI=1S/C15H23N3O4/c1-2-18(10-9-14(20)21)13(19)8-7-12-16-15(17-22-12)11-5-3-4-6-11/h11H,2-10H2,1H3,(H,20,21). The van der Waals surface area contributed by atoms with Crippen LogP contribution in [0.5, 0.6) is 0 Å². The zero-order chi connectivity index (χ0) is 15.9. The van der Waals surface area contributed by atoms with Crippen LogP contribution in [-0.4, -0.2) is 45.1 Å². The average Bonchev–Trinajstić information content (AvgIpc) is 3.16. The van der Waals surface area contributed by atoms with E-state index < -0.39 is 5.97 Å². The van der Waals surface area contributed by atoms with Crippen molar-refractivity contribution in [3.8, 4) is 0 Å². The molecule has 1 aliphatic rings. The fourth-order valence-electron chi connectivity index (χ4n) is 2.78. The van der Waals surface area contributed by atoms with Crippen molar-refractivity contribution in [3.63, 3.8) is 0 Å². The van der Waals surface area contributed by atoms with Crippen LogP contribution >= 0.6 is 0 Å². The van der Waals surface area contributed by atoms with E-state index in [9.17, 15) is 9.59 Å². The maximum Gasteiger partial charge on any atom is 0.305 e. The van der Waals surface area contributed by atoms with E-state index in [0.29, 0.717) is 24.8 Å². The van der Waals surface area contributed by atoms with Crippen LogP contribution < -0.4 is 0 Å². The van der Waals surface area contributed by atoms with Gasteiger partial charge in [-0.2, -0.15) is 4.98 Å². The van der Waals surface area contributed by atoms with Crippen LogP contribution in [0.3, 0.4) is 0 Å². The van der Waals surface area contributed by atoms with Crippen LogP contribution in [0.25, 0.3) is 0 Å². The lowest BCUT2D eigenvalue weighted by Crippen LogP contribution is -2.33. The molecule has 1 N–H and O–H groups in total. The number of carbonyl (C=O) groups is 2. The summed E-state index contributed by atoms with van der Waals surface area (Å²) in [5.41, 5.74) is 0. The summed E-state index contributed by atoms with van der Waals surface area (Å²) in [6.45, 7) is 2.58. The molecule has 1 saturated carbocycles. The molecule has 1 aromatic heterocycles. The van der Waals surface area contributed by atoms with Crippen molar-refractivity contribution < 1.29 is 19.2 Å². The van der Waals surface area contributed by atoms with Crippen molar-refractivity contribution in [2.75, 3.05) is 13.1 Å². The SMILES string of the molecule is CCN(CCC(=O)O)C(=O)CCc1nc(C2CCCC2)no1. The third-order valence-corrected chi connectivity index (χ3v) is 4.09. The van der Waals surface area contributed by atoms with Crippen molar-refractivity contribution >= 4 is 11.9 Å². The highest BCUT2D eigenvalue weighted by Gasteiger charge is 2.22. The molecule has 0 aromatic carbocycles. The molecule has 1 heterocycles. The molecule has 1 amide bonds. The molecule has 7 heteroatoms. The second-order valence-corrected chi connectivity index (χ2v) is 5.64. The highest BCUT2D eigenvalue weighted by molar-refractivity contribution is 5.77. The molecule has 1 aliphatic carbocycles. The van der Waals surface area contributed by atoms with Gasteiger partial charge in [0.15, 0.2) is 5.82 Å². The van der Waals surface area contributed by atoms with Crippen LogP contribution in [0.4, 0.5) is 0 Å². The second kappa shape index (κ2) is 7.91. The first-order valence-electron chi connectivity index (χ1n) is 7.92. The van der Waals surface area contributed by atoms with Crippen molar-refractivity contribution in [1.29, 1.82) is 0 Å². The monoisotopic (exact) mass is 309 g/mol. The van der Waals surface area contributed by atoms with Gasteiger partial charge in [0, 0.05) is 31.8 Å². The molecule has 2 rings (SSSR count). The molecule has 0 radical (unpaired) electrons. The van der Waals surface area contributed by atoms with E-state index in [1.807, 2.05) is 6.92 Å². The highest BCUT2D eigenvalue weighted by atomic mass is 16.5.